The standard InChI is InChI=1S/C15H25N3O4/c1-22-15(21)12(8-10-5-6-17-13(10)19)18-14(20)11(16)7-9-3-2-4-9/h9-12H,2-8,16H2,1H3,(H,17,19)(H,18,20)/t10-,11?,12?/m0/s1. The van der Waals surface area contributed by atoms with Crippen molar-refractivity contribution in [2.45, 2.75) is 50.6 Å². The fourth-order valence-corrected chi connectivity index (χ4v) is 2.98. The average Bonchev–Trinajstić information content (AvgIpc) is 2.86. The number of carbonyl (C=O) groups excluding carboxylic acids is 3. The van der Waals surface area contributed by atoms with Gasteiger partial charge in [0.15, 0.2) is 0 Å². The molecule has 0 spiro atoms. The molecular formula is C15H25N3O4. The second kappa shape index (κ2) is 7.58. The Hall–Kier alpha value is -1.63. The van der Waals surface area contributed by atoms with Crippen LogP contribution in [-0.4, -0.2) is 43.5 Å². The van der Waals surface area contributed by atoms with Gasteiger partial charge in [0.2, 0.25) is 11.8 Å². The van der Waals surface area contributed by atoms with Crippen LogP contribution in [0.3, 0.4) is 0 Å². The van der Waals surface area contributed by atoms with E-state index in [9.17, 15) is 14.4 Å². The summed E-state index contributed by atoms with van der Waals surface area (Å²) >= 11 is 0. The van der Waals surface area contributed by atoms with E-state index in [1.165, 1.54) is 13.5 Å². The van der Waals surface area contributed by atoms with E-state index in [1.807, 2.05) is 0 Å². The van der Waals surface area contributed by atoms with Crippen molar-refractivity contribution in [1.29, 1.82) is 0 Å². The highest BCUT2D eigenvalue weighted by molar-refractivity contribution is 5.88. The SMILES string of the molecule is COC(=O)C(C[C@@H]1CCNC1=O)NC(=O)C(N)CC1CCC1. The van der Waals surface area contributed by atoms with Crippen LogP contribution in [-0.2, 0) is 19.1 Å². The molecule has 1 saturated carbocycles. The van der Waals surface area contributed by atoms with Gasteiger partial charge in [-0.2, -0.15) is 0 Å². The smallest absolute Gasteiger partial charge is 0.328 e. The first-order chi connectivity index (χ1) is 10.5. The summed E-state index contributed by atoms with van der Waals surface area (Å²) in [5.74, 6) is -0.725. The number of rotatable bonds is 7. The molecule has 0 aromatic heterocycles. The monoisotopic (exact) mass is 311 g/mol. The van der Waals surface area contributed by atoms with Gasteiger partial charge >= 0.3 is 5.97 Å². The summed E-state index contributed by atoms with van der Waals surface area (Å²) in [5.41, 5.74) is 5.91. The minimum absolute atomic E-state index is 0.0816. The van der Waals surface area contributed by atoms with E-state index in [-0.39, 0.29) is 24.2 Å². The quantitative estimate of drug-likeness (QED) is 0.559. The van der Waals surface area contributed by atoms with Crippen molar-refractivity contribution in [2.75, 3.05) is 13.7 Å². The number of nitrogens with one attached hydrogen (secondary N) is 2. The molecule has 1 aliphatic carbocycles. The van der Waals surface area contributed by atoms with Crippen LogP contribution >= 0.6 is 0 Å². The summed E-state index contributed by atoms with van der Waals surface area (Å²) in [6.45, 7) is 0.604. The van der Waals surface area contributed by atoms with Gasteiger partial charge in [0, 0.05) is 12.5 Å². The van der Waals surface area contributed by atoms with Gasteiger partial charge in [-0.15, -0.1) is 0 Å². The molecule has 7 nitrogen and oxygen atoms in total. The highest BCUT2D eigenvalue weighted by Gasteiger charge is 2.33. The molecule has 3 atom stereocenters. The first-order valence-corrected chi connectivity index (χ1v) is 7.92. The topological polar surface area (TPSA) is 111 Å². The highest BCUT2D eigenvalue weighted by atomic mass is 16.5. The number of methoxy groups -OCH3 is 1. The number of carbonyl (C=O) groups is 3. The maximum Gasteiger partial charge on any atom is 0.328 e. The maximum absolute atomic E-state index is 12.2. The molecule has 4 N–H and O–H groups in total. The molecule has 2 aliphatic rings. The van der Waals surface area contributed by atoms with E-state index in [4.69, 9.17) is 10.5 Å². The van der Waals surface area contributed by atoms with Crippen LogP contribution in [0.1, 0.15) is 38.5 Å². The Bertz CT molecular complexity index is 437. The van der Waals surface area contributed by atoms with Gasteiger partial charge in [0.05, 0.1) is 13.2 Å². The molecular weight excluding hydrogens is 286 g/mol. The van der Waals surface area contributed by atoms with E-state index in [0.717, 1.165) is 12.8 Å². The Balaban J connectivity index is 1.88. The number of hydrogen-bond acceptors (Lipinski definition) is 5. The van der Waals surface area contributed by atoms with E-state index >= 15 is 0 Å². The Morgan fingerprint density at radius 1 is 1.36 bits per heavy atom. The molecule has 1 saturated heterocycles. The first-order valence-electron chi connectivity index (χ1n) is 7.92. The molecule has 0 aromatic carbocycles. The summed E-state index contributed by atoms with van der Waals surface area (Å²) in [6.07, 6.45) is 4.98. The van der Waals surface area contributed by atoms with E-state index in [0.29, 0.717) is 25.3 Å². The van der Waals surface area contributed by atoms with E-state index in [2.05, 4.69) is 10.6 Å². The molecule has 2 amide bonds. The molecule has 2 rings (SSSR count). The van der Waals surface area contributed by atoms with Crippen molar-refractivity contribution in [3.05, 3.63) is 0 Å². The number of ether oxygens (including phenoxy) is 1. The third-order valence-corrected chi connectivity index (χ3v) is 4.63. The molecule has 0 bridgehead atoms. The summed E-state index contributed by atoms with van der Waals surface area (Å²) in [5, 5.41) is 5.37. The Kier molecular flexibility index (Phi) is 5.76. The molecule has 22 heavy (non-hydrogen) atoms. The first kappa shape index (κ1) is 16.7. The molecule has 2 unspecified atom stereocenters. The minimum Gasteiger partial charge on any atom is -0.467 e. The second-order valence-corrected chi connectivity index (χ2v) is 6.24. The third kappa shape index (κ3) is 4.19. The van der Waals surface area contributed by atoms with Crippen LogP contribution < -0.4 is 16.4 Å². The normalized spacial score (nSPS) is 24.1. The highest BCUT2D eigenvalue weighted by Crippen LogP contribution is 2.30. The predicted octanol–water partition coefficient (Wildman–Crippen LogP) is -0.312. The molecule has 1 aliphatic heterocycles. The lowest BCUT2D eigenvalue weighted by Gasteiger charge is -2.28. The Morgan fingerprint density at radius 2 is 2.09 bits per heavy atom. The maximum atomic E-state index is 12.2. The number of amides is 2. The summed E-state index contributed by atoms with van der Waals surface area (Å²) in [7, 11) is 1.27. The van der Waals surface area contributed by atoms with Gasteiger partial charge in [-0.1, -0.05) is 19.3 Å². The van der Waals surface area contributed by atoms with Crippen molar-refractivity contribution >= 4 is 17.8 Å². The van der Waals surface area contributed by atoms with Crippen molar-refractivity contribution in [3.8, 4) is 0 Å². The zero-order valence-corrected chi connectivity index (χ0v) is 13.0. The van der Waals surface area contributed by atoms with Gasteiger partial charge in [-0.25, -0.2) is 4.79 Å². The van der Waals surface area contributed by atoms with Gasteiger partial charge in [0.1, 0.15) is 6.04 Å². The van der Waals surface area contributed by atoms with Crippen molar-refractivity contribution in [2.24, 2.45) is 17.6 Å². The van der Waals surface area contributed by atoms with Crippen LogP contribution in [0, 0.1) is 11.8 Å². The predicted molar refractivity (Wildman–Crippen MR) is 79.6 cm³/mol. The van der Waals surface area contributed by atoms with Gasteiger partial charge in [-0.05, 0) is 25.2 Å². The van der Waals surface area contributed by atoms with Crippen LogP contribution in [0.25, 0.3) is 0 Å². The lowest BCUT2D eigenvalue weighted by atomic mass is 9.81. The number of nitrogens with two attached hydrogens (primary N) is 1. The summed E-state index contributed by atoms with van der Waals surface area (Å²) < 4.78 is 4.73. The third-order valence-electron chi connectivity index (χ3n) is 4.63. The van der Waals surface area contributed by atoms with Gasteiger partial charge < -0.3 is 21.1 Å². The molecule has 0 aromatic rings. The summed E-state index contributed by atoms with van der Waals surface area (Å²) in [4.78, 5) is 35.6. The molecule has 0 radical (unpaired) electrons. The molecule has 2 fully saturated rings. The lowest BCUT2D eigenvalue weighted by molar-refractivity contribution is -0.146. The van der Waals surface area contributed by atoms with Crippen LogP contribution in [0.2, 0.25) is 0 Å². The molecule has 7 heteroatoms. The zero-order chi connectivity index (χ0) is 16.1. The number of hydrogen-bond donors (Lipinski definition) is 3. The zero-order valence-electron chi connectivity index (χ0n) is 13.0. The lowest BCUT2D eigenvalue weighted by Crippen LogP contribution is -2.50. The van der Waals surface area contributed by atoms with Crippen LogP contribution in [0.15, 0.2) is 0 Å². The second-order valence-electron chi connectivity index (χ2n) is 6.24. The number of esters is 1. The fourth-order valence-electron chi connectivity index (χ4n) is 2.98. The average molecular weight is 311 g/mol. The minimum atomic E-state index is -0.821. The Morgan fingerprint density at radius 3 is 2.59 bits per heavy atom. The Labute approximate surface area is 130 Å². The molecule has 124 valence electrons. The van der Waals surface area contributed by atoms with E-state index < -0.39 is 18.1 Å². The van der Waals surface area contributed by atoms with Crippen LogP contribution in [0.4, 0.5) is 0 Å². The summed E-state index contributed by atoms with van der Waals surface area (Å²) in [6, 6.07) is -1.44. The van der Waals surface area contributed by atoms with Crippen molar-refractivity contribution in [1.82, 2.24) is 10.6 Å². The van der Waals surface area contributed by atoms with E-state index in [1.54, 1.807) is 0 Å². The van der Waals surface area contributed by atoms with Crippen LogP contribution in [0.5, 0.6) is 0 Å². The van der Waals surface area contributed by atoms with Gasteiger partial charge in [0.25, 0.3) is 0 Å². The largest absolute Gasteiger partial charge is 0.467 e. The fraction of sp³-hybridized carbons (Fsp3) is 0.800. The molecule has 1 heterocycles. The van der Waals surface area contributed by atoms with Crippen molar-refractivity contribution < 1.29 is 19.1 Å². The van der Waals surface area contributed by atoms with Gasteiger partial charge in [-0.3, -0.25) is 9.59 Å². The van der Waals surface area contributed by atoms with Crippen molar-refractivity contribution in [3.63, 3.8) is 0 Å².